The van der Waals surface area contributed by atoms with Gasteiger partial charge in [-0.15, -0.1) is 0 Å². The number of nitrogens with two attached hydrogens (primary N) is 1. The molecule has 0 saturated carbocycles. The molecule has 0 aliphatic carbocycles. The number of halogens is 1. The number of nitrogens with one attached hydrogen (secondary N) is 1. The number of rotatable bonds is 5. The molecule has 0 unspecified atom stereocenters. The van der Waals surface area contributed by atoms with Crippen molar-refractivity contribution < 1.29 is 17.9 Å². The molecule has 0 radical (unpaired) electrons. The third kappa shape index (κ3) is 3.15. The molecule has 1 aromatic carbocycles. The Labute approximate surface area is 99.5 Å². The number of hydrogen-bond donors (Lipinski definition) is 3. The normalized spacial score (nSPS) is 13.6. The summed E-state index contributed by atoms with van der Waals surface area (Å²) >= 11 is 0. The van der Waals surface area contributed by atoms with Crippen LogP contribution < -0.4 is 10.5 Å². The van der Waals surface area contributed by atoms with Crippen molar-refractivity contribution in [3.8, 4) is 0 Å². The largest absolute Gasteiger partial charge is 0.398 e. The molecule has 0 fully saturated rings. The first-order chi connectivity index (χ1) is 7.92. The summed E-state index contributed by atoms with van der Waals surface area (Å²) in [5, 5.41) is 8.92. The maximum absolute atomic E-state index is 13.4. The van der Waals surface area contributed by atoms with Crippen LogP contribution >= 0.6 is 0 Å². The van der Waals surface area contributed by atoms with Gasteiger partial charge in [-0.2, -0.15) is 0 Å². The van der Waals surface area contributed by atoms with Crippen LogP contribution in [0.5, 0.6) is 0 Å². The fourth-order valence-electron chi connectivity index (χ4n) is 1.34. The predicted molar refractivity (Wildman–Crippen MR) is 62.3 cm³/mol. The van der Waals surface area contributed by atoms with Crippen molar-refractivity contribution in [3.05, 3.63) is 24.0 Å². The van der Waals surface area contributed by atoms with E-state index in [0.29, 0.717) is 6.42 Å². The number of sulfonamides is 1. The predicted octanol–water partition coefficient (Wildman–Crippen LogP) is 0.457. The summed E-state index contributed by atoms with van der Waals surface area (Å²) in [6.45, 7) is 1.35. The maximum atomic E-state index is 13.4. The highest BCUT2D eigenvalue weighted by molar-refractivity contribution is 7.89. The second kappa shape index (κ2) is 5.44. The van der Waals surface area contributed by atoms with Gasteiger partial charge in [-0.1, -0.05) is 13.0 Å². The minimum Gasteiger partial charge on any atom is -0.398 e. The Morgan fingerprint density at radius 1 is 1.53 bits per heavy atom. The van der Waals surface area contributed by atoms with Crippen molar-refractivity contribution in [3.63, 3.8) is 0 Å². The summed E-state index contributed by atoms with van der Waals surface area (Å²) in [5.41, 5.74) is 5.28. The van der Waals surface area contributed by atoms with Crippen LogP contribution in [0.2, 0.25) is 0 Å². The van der Waals surface area contributed by atoms with Crippen LogP contribution in [0.4, 0.5) is 10.1 Å². The van der Waals surface area contributed by atoms with Crippen molar-refractivity contribution in [2.75, 3.05) is 12.3 Å². The summed E-state index contributed by atoms with van der Waals surface area (Å²) in [5.74, 6) is -0.912. The number of nitrogen functional groups attached to an aromatic ring is 1. The van der Waals surface area contributed by atoms with Gasteiger partial charge >= 0.3 is 0 Å². The minimum atomic E-state index is -4.06. The number of benzene rings is 1. The molecule has 5 nitrogen and oxygen atoms in total. The Balaban J connectivity index is 3.14. The molecule has 96 valence electrons. The Morgan fingerprint density at radius 2 is 2.18 bits per heavy atom. The first kappa shape index (κ1) is 13.9. The SMILES string of the molecule is CC[C@@H](CO)NS(=O)(=O)c1c(N)cccc1F. The van der Waals surface area contributed by atoms with Gasteiger partial charge in [0.25, 0.3) is 0 Å². The lowest BCUT2D eigenvalue weighted by atomic mass is 10.3. The number of aliphatic hydroxyl groups is 1. The molecular formula is C10H15FN2O3S. The zero-order valence-electron chi connectivity index (χ0n) is 9.35. The van der Waals surface area contributed by atoms with Crippen LogP contribution in [-0.2, 0) is 10.0 Å². The van der Waals surface area contributed by atoms with Gasteiger partial charge in [0, 0.05) is 6.04 Å². The molecule has 0 bridgehead atoms. The third-order valence-corrected chi connectivity index (χ3v) is 3.91. The minimum absolute atomic E-state index is 0.162. The smallest absolute Gasteiger partial charge is 0.245 e. The van der Waals surface area contributed by atoms with Gasteiger partial charge in [0.05, 0.1) is 12.3 Å². The van der Waals surface area contributed by atoms with E-state index >= 15 is 0 Å². The van der Waals surface area contributed by atoms with Crippen LogP contribution in [0.3, 0.4) is 0 Å². The van der Waals surface area contributed by atoms with Crippen LogP contribution in [0, 0.1) is 5.82 Å². The molecule has 7 heteroatoms. The van der Waals surface area contributed by atoms with Crippen molar-refractivity contribution >= 4 is 15.7 Å². The van der Waals surface area contributed by atoms with Crippen LogP contribution in [-0.4, -0.2) is 26.2 Å². The summed E-state index contributed by atoms with van der Waals surface area (Å²) in [4.78, 5) is -0.577. The molecule has 0 spiro atoms. The van der Waals surface area contributed by atoms with Gasteiger partial charge < -0.3 is 10.8 Å². The molecule has 0 aromatic heterocycles. The fraction of sp³-hybridized carbons (Fsp3) is 0.400. The number of aliphatic hydroxyl groups excluding tert-OH is 1. The van der Waals surface area contributed by atoms with Gasteiger partial charge in [-0.05, 0) is 18.6 Å². The molecule has 0 heterocycles. The summed E-state index contributed by atoms with van der Waals surface area (Å²) in [7, 11) is -4.06. The monoisotopic (exact) mass is 262 g/mol. The third-order valence-electron chi connectivity index (χ3n) is 2.30. The van der Waals surface area contributed by atoms with Crippen molar-refractivity contribution in [1.82, 2.24) is 4.72 Å². The van der Waals surface area contributed by atoms with E-state index in [1.165, 1.54) is 12.1 Å². The Morgan fingerprint density at radius 3 is 2.65 bits per heavy atom. The van der Waals surface area contributed by atoms with E-state index in [2.05, 4.69) is 4.72 Å². The summed E-state index contributed by atoms with van der Waals surface area (Å²) < 4.78 is 39.4. The van der Waals surface area contributed by atoms with E-state index < -0.39 is 26.8 Å². The van der Waals surface area contributed by atoms with E-state index in [9.17, 15) is 12.8 Å². The average Bonchev–Trinajstić information content (AvgIpc) is 2.25. The topological polar surface area (TPSA) is 92.4 Å². The van der Waals surface area contributed by atoms with Gasteiger partial charge in [0.2, 0.25) is 10.0 Å². The van der Waals surface area contributed by atoms with Crippen molar-refractivity contribution in [2.45, 2.75) is 24.3 Å². The lowest BCUT2D eigenvalue weighted by Crippen LogP contribution is -2.37. The van der Waals surface area contributed by atoms with Gasteiger partial charge in [-0.3, -0.25) is 0 Å². The molecule has 1 aromatic rings. The second-order valence-corrected chi connectivity index (χ2v) is 5.22. The van der Waals surface area contributed by atoms with Gasteiger partial charge in [0.15, 0.2) is 0 Å². The first-order valence-corrected chi connectivity index (χ1v) is 6.57. The highest BCUT2D eigenvalue weighted by atomic mass is 32.2. The fourth-order valence-corrected chi connectivity index (χ4v) is 2.84. The molecular weight excluding hydrogens is 247 g/mol. The van der Waals surface area contributed by atoms with E-state index in [0.717, 1.165) is 6.07 Å². The summed E-state index contributed by atoms with van der Waals surface area (Å²) in [6.07, 6.45) is 0.393. The highest BCUT2D eigenvalue weighted by Crippen LogP contribution is 2.21. The molecule has 1 rings (SSSR count). The first-order valence-electron chi connectivity index (χ1n) is 5.09. The Kier molecular flexibility index (Phi) is 4.44. The highest BCUT2D eigenvalue weighted by Gasteiger charge is 2.24. The molecule has 0 saturated heterocycles. The maximum Gasteiger partial charge on any atom is 0.245 e. The average molecular weight is 262 g/mol. The van der Waals surface area contributed by atoms with E-state index in [1.54, 1.807) is 6.92 Å². The molecule has 17 heavy (non-hydrogen) atoms. The Hall–Kier alpha value is -1.18. The Bertz CT molecular complexity index is 466. The number of hydrogen-bond acceptors (Lipinski definition) is 4. The van der Waals surface area contributed by atoms with E-state index in [-0.39, 0.29) is 12.3 Å². The van der Waals surface area contributed by atoms with E-state index in [4.69, 9.17) is 10.8 Å². The van der Waals surface area contributed by atoms with Crippen molar-refractivity contribution in [1.29, 1.82) is 0 Å². The molecule has 0 aliphatic rings. The second-order valence-electron chi connectivity index (χ2n) is 3.57. The lowest BCUT2D eigenvalue weighted by Gasteiger charge is -2.15. The zero-order valence-corrected chi connectivity index (χ0v) is 10.2. The molecule has 4 N–H and O–H groups in total. The van der Waals surface area contributed by atoms with E-state index in [1.807, 2.05) is 0 Å². The van der Waals surface area contributed by atoms with Gasteiger partial charge in [-0.25, -0.2) is 17.5 Å². The molecule has 1 atom stereocenters. The number of anilines is 1. The summed E-state index contributed by atoms with van der Waals surface area (Å²) in [6, 6.07) is 2.99. The van der Waals surface area contributed by atoms with Crippen molar-refractivity contribution in [2.24, 2.45) is 0 Å². The van der Waals surface area contributed by atoms with Crippen LogP contribution in [0.25, 0.3) is 0 Å². The van der Waals surface area contributed by atoms with Crippen LogP contribution in [0.1, 0.15) is 13.3 Å². The van der Waals surface area contributed by atoms with Crippen LogP contribution in [0.15, 0.2) is 23.1 Å². The molecule has 0 amide bonds. The zero-order chi connectivity index (χ0) is 13.1. The van der Waals surface area contributed by atoms with Gasteiger partial charge in [0.1, 0.15) is 10.7 Å². The quantitative estimate of drug-likeness (QED) is 0.672. The molecule has 0 aliphatic heterocycles. The lowest BCUT2D eigenvalue weighted by molar-refractivity contribution is 0.253. The standard InChI is InChI=1S/C10H15FN2O3S/c1-2-7(6-14)13-17(15,16)10-8(11)4-3-5-9(10)12/h3-5,7,13-14H,2,6,12H2,1H3/t7-/m0/s1.